The van der Waals surface area contributed by atoms with Gasteiger partial charge < -0.3 is 4.90 Å². The quantitative estimate of drug-likeness (QED) is 0.368. The van der Waals surface area contributed by atoms with Crippen LogP contribution in [0.1, 0.15) is 43.8 Å². The molecule has 1 aliphatic rings. The van der Waals surface area contributed by atoms with E-state index < -0.39 is 0 Å². The third-order valence-electron chi connectivity index (χ3n) is 6.22. The molecule has 2 unspecified atom stereocenters. The molecule has 0 radical (unpaired) electrons. The fourth-order valence-corrected chi connectivity index (χ4v) is 6.05. The van der Waals surface area contributed by atoms with E-state index in [2.05, 4.69) is 0 Å². The maximum atomic E-state index is 13.4. The third kappa shape index (κ3) is 6.65. The first kappa shape index (κ1) is 25.3. The van der Waals surface area contributed by atoms with Gasteiger partial charge in [-0.1, -0.05) is 114 Å². The van der Waals surface area contributed by atoms with Crippen LogP contribution in [0.25, 0.3) is 0 Å². The SMILES string of the molecule is Cc1ccc(C(=O)SCC2CC(CSC(=O)c3ccc(C)cc3)N(Cc3ccccc3)C2=O)cc1. The lowest BCUT2D eigenvalue weighted by atomic mass is 10.1. The molecule has 1 heterocycles. The van der Waals surface area contributed by atoms with E-state index in [4.69, 9.17) is 0 Å². The minimum atomic E-state index is -0.238. The number of carbonyl (C=O) groups is 3. The molecule has 4 rings (SSSR count). The number of carbonyl (C=O) groups excluding carboxylic acids is 3. The molecule has 0 saturated carbocycles. The lowest BCUT2D eigenvalue weighted by Crippen LogP contribution is -2.35. The number of benzene rings is 3. The molecule has 4 nitrogen and oxygen atoms in total. The van der Waals surface area contributed by atoms with Crippen LogP contribution in [0.5, 0.6) is 0 Å². The first-order chi connectivity index (χ1) is 16.9. The van der Waals surface area contributed by atoms with Crippen LogP contribution in [0.4, 0.5) is 0 Å². The molecule has 0 aliphatic carbocycles. The molecule has 1 fully saturated rings. The summed E-state index contributed by atoms with van der Waals surface area (Å²) >= 11 is 2.48. The fraction of sp³-hybridized carbons (Fsp3) is 0.276. The van der Waals surface area contributed by atoms with Crippen molar-refractivity contribution in [2.24, 2.45) is 5.92 Å². The van der Waals surface area contributed by atoms with Crippen LogP contribution >= 0.6 is 23.5 Å². The Balaban J connectivity index is 1.42. The summed E-state index contributed by atoms with van der Waals surface area (Å²) in [5.41, 5.74) is 4.61. The van der Waals surface area contributed by atoms with Crippen molar-refractivity contribution in [2.45, 2.75) is 32.9 Å². The lowest BCUT2D eigenvalue weighted by molar-refractivity contribution is -0.131. The van der Waals surface area contributed by atoms with Crippen molar-refractivity contribution < 1.29 is 14.4 Å². The second kappa shape index (κ2) is 11.7. The third-order valence-corrected chi connectivity index (χ3v) is 8.34. The van der Waals surface area contributed by atoms with Gasteiger partial charge in [0, 0.05) is 41.1 Å². The van der Waals surface area contributed by atoms with Crippen molar-refractivity contribution in [3.05, 3.63) is 107 Å². The molecular formula is C29H29NO3S2. The van der Waals surface area contributed by atoms with Gasteiger partial charge in [0.25, 0.3) is 0 Å². The van der Waals surface area contributed by atoms with Gasteiger partial charge in [0.2, 0.25) is 16.1 Å². The van der Waals surface area contributed by atoms with Crippen LogP contribution in [-0.2, 0) is 11.3 Å². The average Bonchev–Trinajstić information content (AvgIpc) is 3.16. The van der Waals surface area contributed by atoms with E-state index in [9.17, 15) is 14.4 Å². The Labute approximate surface area is 215 Å². The molecular weight excluding hydrogens is 474 g/mol. The molecule has 0 N–H and O–H groups in total. The Hall–Kier alpha value is -2.83. The van der Waals surface area contributed by atoms with Gasteiger partial charge in [0.15, 0.2) is 0 Å². The molecule has 35 heavy (non-hydrogen) atoms. The van der Waals surface area contributed by atoms with Crippen LogP contribution in [0.2, 0.25) is 0 Å². The van der Waals surface area contributed by atoms with Gasteiger partial charge in [0.05, 0.1) is 0 Å². The molecule has 3 aromatic carbocycles. The Morgan fingerprint density at radius 3 is 1.83 bits per heavy atom. The zero-order valence-corrected chi connectivity index (χ0v) is 21.6. The molecule has 3 aromatic rings. The number of aryl methyl sites for hydroxylation is 2. The minimum Gasteiger partial charge on any atom is -0.334 e. The van der Waals surface area contributed by atoms with Gasteiger partial charge in [-0.2, -0.15) is 0 Å². The number of amides is 1. The first-order valence-corrected chi connectivity index (χ1v) is 13.7. The Morgan fingerprint density at radius 1 is 0.771 bits per heavy atom. The highest BCUT2D eigenvalue weighted by molar-refractivity contribution is 8.14. The summed E-state index contributed by atoms with van der Waals surface area (Å²) in [7, 11) is 0. The smallest absolute Gasteiger partial charge is 0.227 e. The van der Waals surface area contributed by atoms with Gasteiger partial charge >= 0.3 is 0 Å². The topological polar surface area (TPSA) is 54.5 Å². The second-order valence-corrected chi connectivity index (χ2v) is 11.0. The Bertz CT molecular complexity index is 1180. The minimum absolute atomic E-state index is 0.0141. The summed E-state index contributed by atoms with van der Waals surface area (Å²) < 4.78 is 0. The predicted octanol–water partition coefficient (Wildman–Crippen LogP) is 6.17. The van der Waals surface area contributed by atoms with Crippen LogP contribution < -0.4 is 0 Å². The van der Waals surface area contributed by atoms with Gasteiger partial charge in [-0.3, -0.25) is 14.4 Å². The molecule has 0 spiro atoms. The monoisotopic (exact) mass is 503 g/mol. The summed E-state index contributed by atoms with van der Waals surface area (Å²) in [4.78, 5) is 40.7. The number of hydrogen-bond donors (Lipinski definition) is 0. The summed E-state index contributed by atoms with van der Waals surface area (Å²) in [6, 6.07) is 24.9. The highest BCUT2D eigenvalue weighted by Crippen LogP contribution is 2.32. The van der Waals surface area contributed by atoms with E-state index in [-0.39, 0.29) is 28.1 Å². The Kier molecular flexibility index (Phi) is 8.47. The lowest BCUT2D eigenvalue weighted by Gasteiger charge is -2.24. The summed E-state index contributed by atoms with van der Waals surface area (Å²) in [5.74, 6) is 0.812. The van der Waals surface area contributed by atoms with Crippen molar-refractivity contribution in [1.82, 2.24) is 4.90 Å². The zero-order valence-electron chi connectivity index (χ0n) is 20.0. The van der Waals surface area contributed by atoms with E-state index in [1.807, 2.05) is 97.6 Å². The Morgan fingerprint density at radius 2 is 1.29 bits per heavy atom. The van der Waals surface area contributed by atoms with E-state index in [1.54, 1.807) is 0 Å². The maximum Gasteiger partial charge on any atom is 0.227 e. The van der Waals surface area contributed by atoms with E-state index in [1.165, 1.54) is 23.5 Å². The molecule has 1 saturated heterocycles. The van der Waals surface area contributed by atoms with Crippen LogP contribution in [0, 0.1) is 19.8 Å². The number of hydrogen-bond acceptors (Lipinski definition) is 5. The summed E-state index contributed by atoms with van der Waals surface area (Å²) in [5, 5.41) is 0.00395. The molecule has 180 valence electrons. The van der Waals surface area contributed by atoms with Gasteiger partial charge in [-0.25, -0.2) is 0 Å². The van der Waals surface area contributed by atoms with Crippen molar-refractivity contribution in [1.29, 1.82) is 0 Å². The summed E-state index contributed by atoms with van der Waals surface area (Å²) in [6.45, 7) is 4.49. The largest absolute Gasteiger partial charge is 0.334 e. The summed E-state index contributed by atoms with van der Waals surface area (Å²) in [6.07, 6.45) is 0.647. The van der Waals surface area contributed by atoms with E-state index in [0.717, 1.165) is 16.7 Å². The van der Waals surface area contributed by atoms with Crippen molar-refractivity contribution >= 4 is 39.7 Å². The van der Waals surface area contributed by atoms with E-state index in [0.29, 0.717) is 35.6 Å². The second-order valence-electron chi connectivity index (χ2n) is 8.97. The van der Waals surface area contributed by atoms with Crippen LogP contribution in [0.3, 0.4) is 0 Å². The molecule has 0 aromatic heterocycles. The average molecular weight is 504 g/mol. The number of nitrogens with zero attached hydrogens (tertiary/aromatic N) is 1. The number of likely N-dealkylation sites (tertiary alicyclic amines) is 1. The molecule has 0 bridgehead atoms. The first-order valence-electron chi connectivity index (χ1n) is 11.7. The standard InChI is InChI=1S/C29H29NO3S2/c1-20-8-12-23(13-9-20)28(32)34-18-25-16-26(19-35-29(33)24-14-10-21(2)11-15-24)30(27(25)31)17-22-6-4-3-5-7-22/h3-15,25-26H,16-19H2,1-2H3. The number of rotatable bonds is 8. The van der Waals surface area contributed by atoms with E-state index >= 15 is 0 Å². The van der Waals surface area contributed by atoms with Gasteiger partial charge in [0.1, 0.15) is 0 Å². The number of thioether (sulfide) groups is 2. The van der Waals surface area contributed by atoms with Gasteiger partial charge in [-0.15, -0.1) is 0 Å². The highest BCUT2D eigenvalue weighted by Gasteiger charge is 2.39. The van der Waals surface area contributed by atoms with Crippen molar-refractivity contribution in [2.75, 3.05) is 11.5 Å². The van der Waals surface area contributed by atoms with Crippen LogP contribution in [0.15, 0.2) is 78.9 Å². The molecule has 2 atom stereocenters. The normalized spacial score (nSPS) is 17.5. The van der Waals surface area contributed by atoms with Crippen LogP contribution in [-0.4, -0.2) is 38.6 Å². The molecule has 1 aliphatic heterocycles. The van der Waals surface area contributed by atoms with Crippen molar-refractivity contribution in [3.8, 4) is 0 Å². The van der Waals surface area contributed by atoms with Crippen molar-refractivity contribution in [3.63, 3.8) is 0 Å². The fourth-order valence-electron chi connectivity index (χ4n) is 4.15. The van der Waals surface area contributed by atoms with Gasteiger partial charge in [-0.05, 0) is 25.8 Å². The highest BCUT2D eigenvalue weighted by atomic mass is 32.2. The predicted molar refractivity (Wildman–Crippen MR) is 145 cm³/mol. The maximum absolute atomic E-state index is 13.4. The molecule has 1 amide bonds. The zero-order chi connectivity index (χ0) is 24.8. The molecule has 6 heteroatoms.